The second-order valence-corrected chi connectivity index (χ2v) is 5.11. The number of nitrogens with zero attached hydrogens (tertiary/aromatic N) is 2. The summed E-state index contributed by atoms with van der Waals surface area (Å²) in [6, 6.07) is 5.11. The number of halogens is 1. The van der Waals surface area contributed by atoms with Crippen LogP contribution in [0.2, 0.25) is 0 Å². The summed E-state index contributed by atoms with van der Waals surface area (Å²) in [4.78, 5) is 0. The molecule has 0 saturated heterocycles. The third kappa shape index (κ3) is 4.03. The lowest BCUT2D eigenvalue weighted by Crippen LogP contribution is -2.19. The normalized spacial score (nSPS) is 11.1. The van der Waals surface area contributed by atoms with Crippen molar-refractivity contribution in [3.8, 4) is 0 Å². The van der Waals surface area contributed by atoms with Crippen LogP contribution in [0.25, 0.3) is 0 Å². The highest BCUT2D eigenvalue weighted by atomic mass is 19.1. The van der Waals surface area contributed by atoms with E-state index in [1.165, 1.54) is 6.07 Å². The first kappa shape index (κ1) is 14.5. The molecule has 0 aliphatic carbocycles. The van der Waals surface area contributed by atoms with Crippen LogP contribution in [-0.4, -0.2) is 16.7 Å². The number of rotatable bonds is 6. The van der Waals surface area contributed by atoms with E-state index in [-0.39, 0.29) is 11.8 Å². The van der Waals surface area contributed by atoms with Crippen molar-refractivity contribution in [2.24, 2.45) is 5.92 Å². The monoisotopic (exact) mass is 278 g/mol. The number of aromatic nitrogens is 2. The second-order valence-electron chi connectivity index (χ2n) is 5.11. The van der Waals surface area contributed by atoms with Gasteiger partial charge in [0.25, 0.3) is 0 Å². The van der Waals surface area contributed by atoms with Crippen molar-refractivity contribution in [2.75, 3.05) is 11.9 Å². The van der Waals surface area contributed by atoms with Gasteiger partial charge in [0.2, 0.25) is 5.89 Å². The van der Waals surface area contributed by atoms with Crippen LogP contribution in [0.3, 0.4) is 0 Å². The van der Waals surface area contributed by atoms with Crippen LogP contribution in [0.15, 0.2) is 22.6 Å². The lowest BCUT2D eigenvalue weighted by atomic mass is 10.2. The molecule has 2 rings (SSSR count). The highest BCUT2D eigenvalue weighted by Gasteiger charge is 2.07. The minimum Gasteiger partial charge on any atom is -0.406 e. The zero-order chi connectivity index (χ0) is 14.5. The van der Waals surface area contributed by atoms with Crippen LogP contribution in [0.1, 0.15) is 25.3 Å². The van der Waals surface area contributed by atoms with Gasteiger partial charge in [-0.15, -0.1) is 5.10 Å². The molecule has 0 unspecified atom stereocenters. The topological polar surface area (TPSA) is 63.0 Å². The maximum atomic E-state index is 13.4. The van der Waals surface area contributed by atoms with E-state index in [0.717, 1.165) is 6.54 Å². The Morgan fingerprint density at radius 2 is 2.10 bits per heavy atom. The Morgan fingerprint density at radius 3 is 2.80 bits per heavy atom. The maximum absolute atomic E-state index is 13.4. The molecule has 6 heteroatoms. The van der Waals surface area contributed by atoms with Gasteiger partial charge in [0.15, 0.2) is 0 Å². The summed E-state index contributed by atoms with van der Waals surface area (Å²) >= 11 is 0. The Balaban J connectivity index is 1.93. The van der Waals surface area contributed by atoms with Crippen molar-refractivity contribution in [1.82, 2.24) is 15.5 Å². The van der Waals surface area contributed by atoms with E-state index in [0.29, 0.717) is 29.6 Å². The van der Waals surface area contributed by atoms with E-state index in [1.54, 1.807) is 19.1 Å². The molecule has 0 radical (unpaired) electrons. The molecule has 1 aromatic heterocycles. The molecule has 0 aliphatic heterocycles. The zero-order valence-corrected chi connectivity index (χ0v) is 11.9. The standard InChI is InChI=1S/C14H19FN4O/c1-9(2)7-16-8-13-18-19-14(20-13)17-11-5-4-10(3)12(15)6-11/h4-6,9,16H,7-8H2,1-3H3,(H,17,19). The molecule has 0 atom stereocenters. The van der Waals surface area contributed by atoms with Crippen LogP contribution in [-0.2, 0) is 6.54 Å². The van der Waals surface area contributed by atoms with E-state index < -0.39 is 0 Å². The second kappa shape index (κ2) is 6.47. The first-order valence-electron chi connectivity index (χ1n) is 6.61. The van der Waals surface area contributed by atoms with Gasteiger partial charge in [-0.3, -0.25) is 0 Å². The van der Waals surface area contributed by atoms with Gasteiger partial charge in [0.1, 0.15) is 5.82 Å². The van der Waals surface area contributed by atoms with E-state index in [9.17, 15) is 4.39 Å². The first-order chi connectivity index (χ1) is 9.54. The highest BCUT2D eigenvalue weighted by Crippen LogP contribution is 2.18. The number of hydrogen-bond acceptors (Lipinski definition) is 5. The van der Waals surface area contributed by atoms with Crippen molar-refractivity contribution in [2.45, 2.75) is 27.3 Å². The molecule has 5 nitrogen and oxygen atoms in total. The van der Waals surface area contributed by atoms with Crippen LogP contribution >= 0.6 is 0 Å². The number of benzene rings is 1. The minimum absolute atomic E-state index is 0.259. The fraction of sp³-hybridized carbons (Fsp3) is 0.429. The average Bonchev–Trinajstić information content (AvgIpc) is 2.81. The summed E-state index contributed by atoms with van der Waals surface area (Å²) in [5.74, 6) is 0.792. The molecule has 0 spiro atoms. The van der Waals surface area contributed by atoms with Gasteiger partial charge in [-0.1, -0.05) is 25.0 Å². The summed E-state index contributed by atoms with van der Waals surface area (Å²) in [6.07, 6.45) is 0. The number of aryl methyl sites for hydroxylation is 1. The lowest BCUT2D eigenvalue weighted by Gasteiger charge is -2.04. The Labute approximate surface area is 117 Å². The Morgan fingerprint density at radius 1 is 1.30 bits per heavy atom. The molecule has 2 aromatic rings. The van der Waals surface area contributed by atoms with Crippen molar-refractivity contribution in [1.29, 1.82) is 0 Å². The van der Waals surface area contributed by atoms with Crippen LogP contribution in [0.4, 0.5) is 16.1 Å². The molecule has 0 amide bonds. The van der Waals surface area contributed by atoms with Crippen molar-refractivity contribution >= 4 is 11.7 Å². The quantitative estimate of drug-likeness (QED) is 0.850. The largest absolute Gasteiger partial charge is 0.406 e. The van der Waals surface area contributed by atoms with Gasteiger partial charge in [0, 0.05) is 5.69 Å². The summed E-state index contributed by atoms with van der Waals surface area (Å²) in [5, 5.41) is 13.9. The lowest BCUT2D eigenvalue weighted by molar-refractivity contribution is 0.460. The van der Waals surface area contributed by atoms with Crippen molar-refractivity contribution < 1.29 is 8.81 Å². The van der Waals surface area contributed by atoms with E-state index >= 15 is 0 Å². The number of hydrogen-bond donors (Lipinski definition) is 2. The molecule has 108 valence electrons. The van der Waals surface area contributed by atoms with Gasteiger partial charge in [-0.2, -0.15) is 0 Å². The van der Waals surface area contributed by atoms with Gasteiger partial charge in [-0.05, 0) is 37.1 Å². The van der Waals surface area contributed by atoms with Gasteiger partial charge < -0.3 is 15.1 Å². The molecule has 1 aromatic carbocycles. The maximum Gasteiger partial charge on any atom is 0.320 e. The number of anilines is 2. The Hall–Kier alpha value is -1.95. The van der Waals surface area contributed by atoms with Crippen molar-refractivity contribution in [3.05, 3.63) is 35.5 Å². The summed E-state index contributed by atoms with van der Waals surface area (Å²) < 4.78 is 18.8. The van der Waals surface area contributed by atoms with Gasteiger partial charge in [-0.25, -0.2) is 4.39 Å². The molecule has 20 heavy (non-hydrogen) atoms. The SMILES string of the molecule is Cc1ccc(Nc2nnc(CNCC(C)C)o2)cc1F. The molecule has 0 bridgehead atoms. The smallest absolute Gasteiger partial charge is 0.320 e. The third-order valence-corrected chi connectivity index (χ3v) is 2.72. The fourth-order valence-corrected chi connectivity index (χ4v) is 1.64. The van der Waals surface area contributed by atoms with Crippen LogP contribution in [0.5, 0.6) is 0 Å². The highest BCUT2D eigenvalue weighted by molar-refractivity contribution is 5.52. The van der Waals surface area contributed by atoms with Gasteiger partial charge >= 0.3 is 6.01 Å². The minimum atomic E-state index is -0.270. The molecular formula is C14H19FN4O. The molecule has 0 fully saturated rings. The zero-order valence-electron chi connectivity index (χ0n) is 11.9. The van der Waals surface area contributed by atoms with Crippen molar-refractivity contribution in [3.63, 3.8) is 0 Å². The first-order valence-corrected chi connectivity index (χ1v) is 6.61. The van der Waals surface area contributed by atoms with Crippen LogP contribution in [0, 0.1) is 18.7 Å². The van der Waals surface area contributed by atoms with E-state index in [1.807, 2.05) is 0 Å². The van der Waals surface area contributed by atoms with E-state index in [2.05, 4.69) is 34.7 Å². The predicted molar refractivity (Wildman–Crippen MR) is 75.3 cm³/mol. The third-order valence-electron chi connectivity index (χ3n) is 2.72. The molecule has 0 aliphatic rings. The summed E-state index contributed by atoms with van der Waals surface area (Å²) in [6.45, 7) is 7.37. The predicted octanol–water partition coefficient (Wildman–Crippen LogP) is 3.01. The van der Waals surface area contributed by atoms with E-state index in [4.69, 9.17) is 4.42 Å². The molecular weight excluding hydrogens is 259 g/mol. The fourth-order valence-electron chi connectivity index (χ4n) is 1.64. The molecule has 0 saturated carbocycles. The van der Waals surface area contributed by atoms with Crippen LogP contribution < -0.4 is 10.6 Å². The van der Waals surface area contributed by atoms with Gasteiger partial charge in [0.05, 0.1) is 6.54 Å². The Kier molecular flexibility index (Phi) is 4.68. The number of nitrogens with one attached hydrogen (secondary N) is 2. The molecule has 2 N–H and O–H groups in total. The Bertz CT molecular complexity index is 568. The summed E-state index contributed by atoms with van der Waals surface area (Å²) in [7, 11) is 0. The molecule has 1 heterocycles. The summed E-state index contributed by atoms with van der Waals surface area (Å²) in [5.41, 5.74) is 1.18. The average molecular weight is 278 g/mol.